The van der Waals surface area contributed by atoms with Gasteiger partial charge in [-0.3, -0.25) is 9.00 Å². The summed E-state index contributed by atoms with van der Waals surface area (Å²) in [4.78, 5) is 10.9. The molecular formula is C7H13F3N2O2S. The zero-order valence-corrected chi connectivity index (χ0v) is 8.95. The Morgan fingerprint density at radius 3 is 2.47 bits per heavy atom. The van der Waals surface area contributed by atoms with Gasteiger partial charge in [0.25, 0.3) is 0 Å². The minimum Gasteiger partial charge on any atom is -0.346 e. The summed E-state index contributed by atoms with van der Waals surface area (Å²) in [6.45, 7) is 0.284. The molecule has 0 aliphatic rings. The van der Waals surface area contributed by atoms with Crippen LogP contribution >= 0.6 is 0 Å². The van der Waals surface area contributed by atoms with E-state index in [-0.39, 0.29) is 6.54 Å². The fourth-order valence-corrected chi connectivity index (χ4v) is 1.49. The molecule has 0 bridgehead atoms. The number of amides is 1. The van der Waals surface area contributed by atoms with Crippen LogP contribution in [0.15, 0.2) is 0 Å². The Morgan fingerprint density at radius 1 is 1.53 bits per heavy atom. The smallest absolute Gasteiger partial charge is 0.346 e. The van der Waals surface area contributed by atoms with Crippen molar-refractivity contribution >= 4 is 16.7 Å². The van der Waals surface area contributed by atoms with Crippen LogP contribution in [0, 0.1) is 0 Å². The fraction of sp³-hybridized carbons (Fsp3) is 0.857. The normalized spacial score (nSPS) is 15.8. The molecule has 2 unspecified atom stereocenters. The van der Waals surface area contributed by atoms with Crippen LogP contribution in [0.4, 0.5) is 13.2 Å². The average Bonchev–Trinajstić information content (AvgIpc) is 2.12. The number of nitrogens with one attached hydrogen (secondary N) is 1. The van der Waals surface area contributed by atoms with E-state index in [4.69, 9.17) is 5.73 Å². The maximum Gasteiger partial charge on any atom is 0.405 e. The molecule has 0 spiro atoms. The van der Waals surface area contributed by atoms with Crippen LogP contribution < -0.4 is 11.1 Å². The third-order valence-corrected chi connectivity index (χ3v) is 3.18. The van der Waals surface area contributed by atoms with Crippen molar-refractivity contribution in [2.24, 2.45) is 5.73 Å². The van der Waals surface area contributed by atoms with Gasteiger partial charge in [0.2, 0.25) is 5.91 Å². The standard InChI is InChI=1S/C7H13F3N2O2S/c1-5(2-11)15(14)3-6(13)12-4-7(8,9)10/h5H,2-4,11H2,1H3,(H,12,13). The molecule has 0 rings (SSSR count). The topological polar surface area (TPSA) is 72.2 Å². The van der Waals surface area contributed by atoms with Crippen LogP contribution in [0.3, 0.4) is 0 Å². The van der Waals surface area contributed by atoms with E-state index in [1.165, 1.54) is 0 Å². The highest BCUT2D eigenvalue weighted by atomic mass is 32.2. The summed E-state index contributed by atoms with van der Waals surface area (Å²) in [5, 5.41) is 1.23. The lowest BCUT2D eigenvalue weighted by Crippen LogP contribution is -2.38. The predicted molar refractivity (Wildman–Crippen MR) is 50.6 cm³/mol. The van der Waals surface area contributed by atoms with Gasteiger partial charge in [-0.25, -0.2) is 0 Å². The summed E-state index contributed by atoms with van der Waals surface area (Å²) in [6, 6.07) is 0. The summed E-state index contributed by atoms with van der Waals surface area (Å²) in [5.41, 5.74) is 5.19. The highest BCUT2D eigenvalue weighted by Crippen LogP contribution is 2.12. The number of carbonyl (C=O) groups excluding carboxylic acids is 1. The van der Waals surface area contributed by atoms with Crippen LogP contribution in [0.1, 0.15) is 6.92 Å². The van der Waals surface area contributed by atoms with Crippen molar-refractivity contribution in [1.29, 1.82) is 0 Å². The molecule has 1 amide bonds. The van der Waals surface area contributed by atoms with Gasteiger partial charge in [0.1, 0.15) is 12.3 Å². The first-order valence-electron chi connectivity index (χ1n) is 4.17. The average molecular weight is 246 g/mol. The molecule has 0 aromatic rings. The van der Waals surface area contributed by atoms with Gasteiger partial charge in [-0.15, -0.1) is 0 Å². The first-order valence-corrected chi connectivity index (χ1v) is 5.55. The van der Waals surface area contributed by atoms with E-state index in [2.05, 4.69) is 0 Å². The minimum atomic E-state index is -4.45. The molecule has 0 aromatic carbocycles. The zero-order valence-electron chi connectivity index (χ0n) is 8.13. The van der Waals surface area contributed by atoms with Gasteiger partial charge in [0.05, 0.1) is 0 Å². The lowest BCUT2D eigenvalue weighted by atomic mass is 10.5. The van der Waals surface area contributed by atoms with E-state index in [0.717, 1.165) is 0 Å². The van der Waals surface area contributed by atoms with Gasteiger partial charge in [-0.2, -0.15) is 13.2 Å². The van der Waals surface area contributed by atoms with Gasteiger partial charge in [0, 0.05) is 22.6 Å². The third kappa shape index (κ3) is 7.32. The van der Waals surface area contributed by atoms with Gasteiger partial charge in [0.15, 0.2) is 0 Å². The quantitative estimate of drug-likeness (QED) is 0.703. The van der Waals surface area contributed by atoms with E-state index in [1.54, 1.807) is 12.2 Å². The summed E-state index contributed by atoms with van der Waals surface area (Å²) in [7, 11) is -1.53. The molecule has 4 nitrogen and oxygen atoms in total. The maximum absolute atomic E-state index is 11.7. The van der Waals surface area contributed by atoms with Crippen LogP contribution in [0.25, 0.3) is 0 Å². The highest BCUT2D eigenvalue weighted by Gasteiger charge is 2.28. The van der Waals surface area contributed by atoms with E-state index in [9.17, 15) is 22.2 Å². The Hall–Kier alpha value is -0.630. The highest BCUT2D eigenvalue weighted by molar-refractivity contribution is 7.86. The predicted octanol–water partition coefficient (Wildman–Crippen LogP) is -0.239. The van der Waals surface area contributed by atoms with Crippen molar-refractivity contribution in [1.82, 2.24) is 5.32 Å². The van der Waals surface area contributed by atoms with Gasteiger partial charge in [-0.05, 0) is 6.92 Å². The van der Waals surface area contributed by atoms with Crippen LogP contribution in [-0.4, -0.2) is 40.4 Å². The van der Waals surface area contributed by atoms with E-state index in [1.807, 2.05) is 0 Å². The second-order valence-corrected chi connectivity index (χ2v) is 4.82. The monoisotopic (exact) mass is 246 g/mol. The van der Waals surface area contributed by atoms with E-state index >= 15 is 0 Å². The Labute approximate surface area is 87.9 Å². The molecule has 0 heterocycles. The van der Waals surface area contributed by atoms with Crippen molar-refractivity contribution in [3.8, 4) is 0 Å². The lowest BCUT2D eigenvalue weighted by Gasteiger charge is -2.10. The van der Waals surface area contributed by atoms with Crippen molar-refractivity contribution in [3.63, 3.8) is 0 Å². The molecule has 0 fully saturated rings. The molecule has 0 aliphatic carbocycles. The molecule has 15 heavy (non-hydrogen) atoms. The third-order valence-electron chi connectivity index (χ3n) is 1.54. The molecule has 3 N–H and O–H groups in total. The molecule has 2 atom stereocenters. The molecule has 0 saturated carbocycles. The second-order valence-electron chi connectivity index (χ2n) is 2.96. The first kappa shape index (κ1) is 14.4. The number of alkyl halides is 3. The van der Waals surface area contributed by atoms with Crippen molar-refractivity contribution in [3.05, 3.63) is 0 Å². The number of hydrogen-bond acceptors (Lipinski definition) is 3. The number of rotatable bonds is 5. The molecular weight excluding hydrogens is 233 g/mol. The molecule has 90 valence electrons. The summed E-state index contributed by atoms with van der Waals surface area (Å²) < 4.78 is 46.2. The Balaban J connectivity index is 3.90. The lowest BCUT2D eigenvalue weighted by molar-refractivity contribution is -0.136. The number of nitrogens with two attached hydrogens (primary N) is 1. The Bertz CT molecular complexity index is 245. The Morgan fingerprint density at radius 2 is 2.07 bits per heavy atom. The maximum atomic E-state index is 11.7. The van der Waals surface area contributed by atoms with Crippen molar-refractivity contribution in [2.45, 2.75) is 18.3 Å². The van der Waals surface area contributed by atoms with Gasteiger partial charge in [-0.1, -0.05) is 0 Å². The molecule has 0 aromatic heterocycles. The number of hydrogen-bond donors (Lipinski definition) is 2. The number of halogens is 3. The van der Waals surface area contributed by atoms with Crippen LogP contribution in [-0.2, 0) is 15.6 Å². The summed E-state index contributed by atoms with van der Waals surface area (Å²) in [6.07, 6.45) is -4.45. The molecule has 8 heteroatoms. The zero-order chi connectivity index (χ0) is 12.1. The first-order chi connectivity index (χ1) is 6.76. The van der Waals surface area contributed by atoms with E-state index in [0.29, 0.717) is 0 Å². The summed E-state index contributed by atoms with van der Waals surface area (Å²) >= 11 is 0. The number of carbonyl (C=O) groups is 1. The molecule has 0 radical (unpaired) electrons. The SMILES string of the molecule is CC(CN)S(=O)CC(=O)NCC(F)(F)F. The molecule has 0 saturated heterocycles. The molecule has 0 aliphatic heterocycles. The van der Waals surface area contributed by atoms with Crippen LogP contribution in [0.5, 0.6) is 0 Å². The van der Waals surface area contributed by atoms with E-state index < -0.39 is 40.4 Å². The Kier molecular flexibility index (Phi) is 5.81. The second kappa shape index (κ2) is 6.06. The van der Waals surface area contributed by atoms with Gasteiger partial charge >= 0.3 is 6.18 Å². The minimum absolute atomic E-state index is 0.124. The largest absolute Gasteiger partial charge is 0.405 e. The van der Waals surface area contributed by atoms with Crippen molar-refractivity contribution in [2.75, 3.05) is 18.8 Å². The fourth-order valence-electron chi connectivity index (χ4n) is 0.629. The van der Waals surface area contributed by atoms with Crippen LogP contribution in [0.2, 0.25) is 0 Å². The van der Waals surface area contributed by atoms with Gasteiger partial charge < -0.3 is 11.1 Å². The summed E-state index contributed by atoms with van der Waals surface area (Å²) in [5.74, 6) is -1.33. The van der Waals surface area contributed by atoms with Crippen molar-refractivity contribution < 1.29 is 22.2 Å².